The summed E-state index contributed by atoms with van der Waals surface area (Å²) in [4.78, 5) is 26.6. The summed E-state index contributed by atoms with van der Waals surface area (Å²) < 4.78 is 40.4. The largest absolute Gasteiger partial charge is 0.419 e. The van der Waals surface area contributed by atoms with E-state index in [4.69, 9.17) is 4.98 Å². The summed E-state index contributed by atoms with van der Waals surface area (Å²) in [5.74, 6) is 1.16. The molecule has 2 aromatic heterocycles. The lowest BCUT2D eigenvalue weighted by molar-refractivity contribution is -0.138. The number of aromatic nitrogens is 4. The van der Waals surface area contributed by atoms with Gasteiger partial charge in [0, 0.05) is 44.3 Å². The number of hydrogen-bond acceptors (Lipinski definition) is 6. The Balaban J connectivity index is 1.37. The van der Waals surface area contributed by atoms with E-state index in [-0.39, 0.29) is 17.9 Å². The highest BCUT2D eigenvalue weighted by molar-refractivity contribution is 6.01. The fourth-order valence-electron chi connectivity index (χ4n) is 4.56. The molecule has 0 spiro atoms. The van der Waals surface area contributed by atoms with Gasteiger partial charge in [-0.15, -0.1) is 0 Å². The first-order chi connectivity index (χ1) is 16.7. The number of amides is 1. The maximum atomic E-state index is 12.8. The van der Waals surface area contributed by atoms with Gasteiger partial charge >= 0.3 is 6.18 Å². The molecule has 11 heteroatoms. The molecule has 184 valence electrons. The van der Waals surface area contributed by atoms with E-state index in [1.165, 1.54) is 6.08 Å². The third kappa shape index (κ3) is 4.80. The minimum Gasteiger partial charge on any atom is -0.350 e. The molecule has 0 radical (unpaired) electrons. The van der Waals surface area contributed by atoms with Crippen LogP contribution in [0, 0.1) is 0 Å². The molecule has 2 aliphatic rings. The van der Waals surface area contributed by atoms with Crippen LogP contribution in [0.3, 0.4) is 0 Å². The lowest BCUT2D eigenvalue weighted by Crippen LogP contribution is -2.43. The molecule has 1 unspecified atom stereocenters. The van der Waals surface area contributed by atoms with Gasteiger partial charge in [-0.3, -0.25) is 4.79 Å². The smallest absolute Gasteiger partial charge is 0.350 e. The maximum Gasteiger partial charge on any atom is 0.419 e. The van der Waals surface area contributed by atoms with E-state index in [9.17, 15) is 18.0 Å². The summed E-state index contributed by atoms with van der Waals surface area (Å²) in [5, 5.41) is 6.07. The fraction of sp³-hybridized carbons (Fsp3) is 0.417. The summed E-state index contributed by atoms with van der Waals surface area (Å²) in [7, 11) is 1.97. The van der Waals surface area contributed by atoms with Gasteiger partial charge in [0.05, 0.1) is 16.6 Å². The Morgan fingerprint density at radius 1 is 1.20 bits per heavy atom. The number of fused-ring (bicyclic) bond motifs is 1. The molecule has 1 aliphatic carbocycles. The van der Waals surface area contributed by atoms with Crippen molar-refractivity contribution in [2.45, 2.75) is 43.8 Å². The van der Waals surface area contributed by atoms with Crippen LogP contribution in [0.1, 0.15) is 42.7 Å². The number of halogens is 3. The summed E-state index contributed by atoms with van der Waals surface area (Å²) in [5.41, 5.74) is 2.78. The molecule has 1 saturated carbocycles. The number of carbonyl (C=O) groups excluding carboxylic acids is 1. The van der Waals surface area contributed by atoms with E-state index in [0.29, 0.717) is 12.5 Å². The number of rotatable bonds is 6. The zero-order valence-electron chi connectivity index (χ0n) is 19.3. The molecule has 8 nitrogen and oxygen atoms in total. The summed E-state index contributed by atoms with van der Waals surface area (Å²) in [6.07, 6.45) is 2.30. The van der Waals surface area contributed by atoms with Gasteiger partial charge in [0.25, 0.3) is 0 Å². The highest BCUT2D eigenvalue weighted by Gasteiger charge is 2.32. The maximum absolute atomic E-state index is 12.8. The van der Waals surface area contributed by atoms with Crippen LogP contribution in [0.2, 0.25) is 0 Å². The average molecular weight is 486 g/mol. The van der Waals surface area contributed by atoms with Crippen molar-refractivity contribution >= 4 is 34.5 Å². The standard InChI is InChI=1S/C24H26F3N7O/c1-3-21(35)31-18-10-19-20(9-17(18)14-6-7-14)33(2)23(32-19)34-8-4-5-16(13-34)30-22-28-11-15(12-29-22)24(25,26)27/h3,9-12,14,16H,1,4-8,13H2,2H3,(H,31,35)(H,28,29,30). The van der Waals surface area contributed by atoms with Crippen LogP contribution in [-0.2, 0) is 18.0 Å². The van der Waals surface area contributed by atoms with Crippen molar-refractivity contribution in [3.63, 3.8) is 0 Å². The Morgan fingerprint density at radius 3 is 2.60 bits per heavy atom. The molecule has 3 aromatic rings. The van der Waals surface area contributed by atoms with E-state index in [0.717, 1.165) is 72.9 Å². The molecule has 2 fully saturated rings. The monoisotopic (exact) mass is 485 g/mol. The van der Waals surface area contributed by atoms with E-state index >= 15 is 0 Å². The van der Waals surface area contributed by atoms with Crippen molar-refractivity contribution in [3.8, 4) is 0 Å². The van der Waals surface area contributed by atoms with Gasteiger partial charge in [0.1, 0.15) is 0 Å². The number of piperidine rings is 1. The number of hydrogen-bond donors (Lipinski definition) is 2. The fourth-order valence-corrected chi connectivity index (χ4v) is 4.56. The van der Waals surface area contributed by atoms with E-state index in [1.807, 2.05) is 13.1 Å². The highest BCUT2D eigenvalue weighted by atomic mass is 19.4. The summed E-state index contributed by atoms with van der Waals surface area (Å²) in [6.45, 7) is 4.95. The van der Waals surface area contributed by atoms with Crippen LogP contribution >= 0.6 is 0 Å². The second kappa shape index (κ2) is 8.86. The van der Waals surface area contributed by atoms with Crippen molar-refractivity contribution < 1.29 is 18.0 Å². The van der Waals surface area contributed by atoms with Crippen LogP contribution in [-0.4, -0.2) is 44.6 Å². The minimum atomic E-state index is -4.46. The van der Waals surface area contributed by atoms with Crippen molar-refractivity contribution in [2.75, 3.05) is 28.6 Å². The van der Waals surface area contributed by atoms with Crippen molar-refractivity contribution in [3.05, 3.63) is 48.3 Å². The minimum absolute atomic E-state index is 0.0373. The second-order valence-electron chi connectivity index (χ2n) is 9.09. The average Bonchev–Trinajstić information content (AvgIpc) is 3.62. The number of nitrogens with zero attached hydrogens (tertiary/aromatic N) is 5. The highest BCUT2D eigenvalue weighted by Crippen LogP contribution is 2.45. The molecule has 1 aliphatic heterocycles. The number of anilines is 3. The number of nitrogens with one attached hydrogen (secondary N) is 2. The Morgan fingerprint density at radius 2 is 1.94 bits per heavy atom. The van der Waals surface area contributed by atoms with Crippen LogP contribution in [0.15, 0.2) is 37.2 Å². The van der Waals surface area contributed by atoms with Gasteiger partial charge in [-0.05, 0) is 55.4 Å². The van der Waals surface area contributed by atoms with Gasteiger partial charge < -0.3 is 20.1 Å². The molecule has 1 saturated heterocycles. The van der Waals surface area contributed by atoms with Crippen molar-refractivity contribution in [1.29, 1.82) is 0 Å². The first kappa shape index (κ1) is 23.1. The van der Waals surface area contributed by atoms with Gasteiger partial charge in [-0.1, -0.05) is 6.58 Å². The topological polar surface area (TPSA) is 88.0 Å². The predicted octanol–water partition coefficient (Wildman–Crippen LogP) is 4.46. The molecule has 1 atom stereocenters. The lowest BCUT2D eigenvalue weighted by Gasteiger charge is -2.33. The van der Waals surface area contributed by atoms with Gasteiger partial charge in [0.15, 0.2) is 0 Å². The van der Waals surface area contributed by atoms with Gasteiger partial charge in [0.2, 0.25) is 17.8 Å². The quantitative estimate of drug-likeness (QED) is 0.501. The summed E-state index contributed by atoms with van der Waals surface area (Å²) in [6, 6.07) is 3.99. The molecular weight excluding hydrogens is 459 g/mol. The van der Waals surface area contributed by atoms with Gasteiger partial charge in [-0.25, -0.2) is 15.0 Å². The van der Waals surface area contributed by atoms with Crippen molar-refractivity contribution in [1.82, 2.24) is 19.5 Å². The SMILES string of the molecule is C=CC(=O)Nc1cc2nc(N3CCCC(Nc4ncc(C(F)(F)F)cn4)C3)n(C)c2cc1C1CC1. The van der Waals surface area contributed by atoms with Crippen LogP contribution in [0.5, 0.6) is 0 Å². The van der Waals surface area contributed by atoms with Crippen molar-refractivity contribution in [2.24, 2.45) is 7.05 Å². The summed E-state index contributed by atoms with van der Waals surface area (Å²) >= 11 is 0. The van der Waals surface area contributed by atoms with E-state index in [1.54, 1.807) is 0 Å². The molecular formula is C24H26F3N7O. The number of aryl methyl sites for hydroxylation is 1. The normalized spacial score (nSPS) is 18.5. The zero-order valence-corrected chi connectivity index (χ0v) is 19.3. The van der Waals surface area contributed by atoms with E-state index in [2.05, 4.69) is 42.7 Å². The zero-order chi connectivity index (χ0) is 24.7. The number of imidazole rings is 1. The Bertz CT molecular complexity index is 1260. The Hall–Kier alpha value is -3.63. The Kier molecular flexibility index (Phi) is 5.86. The van der Waals surface area contributed by atoms with Crippen LogP contribution in [0.25, 0.3) is 11.0 Å². The number of alkyl halides is 3. The third-order valence-corrected chi connectivity index (χ3v) is 6.51. The molecule has 1 aromatic carbocycles. The van der Waals surface area contributed by atoms with Crippen LogP contribution < -0.4 is 15.5 Å². The number of carbonyl (C=O) groups is 1. The second-order valence-corrected chi connectivity index (χ2v) is 9.09. The Labute approximate surface area is 200 Å². The predicted molar refractivity (Wildman–Crippen MR) is 127 cm³/mol. The molecule has 5 rings (SSSR count). The molecule has 3 heterocycles. The number of benzene rings is 1. The van der Waals surface area contributed by atoms with Gasteiger partial charge in [-0.2, -0.15) is 13.2 Å². The third-order valence-electron chi connectivity index (χ3n) is 6.51. The van der Waals surface area contributed by atoms with E-state index < -0.39 is 11.7 Å². The first-order valence-electron chi connectivity index (χ1n) is 11.6. The lowest BCUT2D eigenvalue weighted by atomic mass is 10.1. The first-order valence-corrected chi connectivity index (χ1v) is 11.6. The molecule has 35 heavy (non-hydrogen) atoms. The molecule has 1 amide bonds. The molecule has 0 bridgehead atoms. The molecule has 2 N–H and O–H groups in total. The van der Waals surface area contributed by atoms with Crippen LogP contribution in [0.4, 0.5) is 30.8 Å².